The average molecular weight is 345 g/mol. The molecule has 2 heterocycles. The number of carbonyl (C=O) groups excluding carboxylic acids is 1. The van der Waals surface area contributed by atoms with Crippen molar-refractivity contribution >= 4 is 22.7 Å². The molecule has 4 aromatic rings. The standard InChI is InChI=1S/C19H15N5O2/c20-18-13-8-4-5-9-14(13)21-17(22-18)11-26-19(25)16-10-15(23-24-16)12-6-2-1-3-7-12/h1-10H,11H2,(H,23,24)(H2,20,21,22). The van der Waals surface area contributed by atoms with Crippen LogP contribution in [0.5, 0.6) is 0 Å². The normalized spacial score (nSPS) is 10.8. The lowest BCUT2D eigenvalue weighted by atomic mass is 10.1. The predicted molar refractivity (Wildman–Crippen MR) is 97.1 cm³/mol. The van der Waals surface area contributed by atoms with E-state index in [1.165, 1.54) is 0 Å². The molecule has 0 aliphatic rings. The summed E-state index contributed by atoms with van der Waals surface area (Å²) in [4.78, 5) is 20.8. The summed E-state index contributed by atoms with van der Waals surface area (Å²) < 4.78 is 5.28. The van der Waals surface area contributed by atoms with Crippen molar-refractivity contribution in [1.29, 1.82) is 0 Å². The van der Waals surface area contributed by atoms with Gasteiger partial charge in [0.05, 0.1) is 11.2 Å². The van der Waals surface area contributed by atoms with Crippen molar-refractivity contribution in [3.63, 3.8) is 0 Å². The molecule has 0 aliphatic carbocycles. The fourth-order valence-electron chi connectivity index (χ4n) is 2.61. The number of esters is 1. The van der Waals surface area contributed by atoms with Crippen LogP contribution in [0.2, 0.25) is 0 Å². The van der Waals surface area contributed by atoms with E-state index in [-0.39, 0.29) is 12.3 Å². The molecule has 3 N–H and O–H groups in total. The van der Waals surface area contributed by atoms with E-state index in [1.54, 1.807) is 6.07 Å². The molecule has 2 aromatic heterocycles. The van der Waals surface area contributed by atoms with E-state index < -0.39 is 5.97 Å². The van der Waals surface area contributed by atoms with Crippen molar-refractivity contribution in [3.05, 3.63) is 72.2 Å². The summed E-state index contributed by atoms with van der Waals surface area (Å²) in [5.41, 5.74) is 8.48. The van der Waals surface area contributed by atoms with E-state index in [9.17, 15) is 4.79 Å². The molecule has 0 radical (unpaired) electrons. The molecule has 0 saturated heterocycles. The Morgan fingerprint density at radius 2 is 1.81 bits per heavy atom. The molecule has 0 unspecified atom stereocenters. The third kappa shape index (κ3) is 3.10. The van der Waals surface area contributed by atoms with E-state index in [0.29, 0.717) is 22.9 Å². The Morgan fingerprint density at radius 1 is 1.04 bits per heavy atom. The number of nitrogens with two attached hydrogens (primary N) is 1. The largest absolute Gasteiger partial charge is 0.453 e. The van der Waals surface area contributed by atoms with Gasteiger partial charge < -0.3 is 10.5 Å². The summed E-state index contributed by atoms with van der Waals surface area (Å²) in [5.74, 6) is 0.168. The van der Waals surface area contributed by atoms with Crippen LogP contribution in [-0.4, -0.2) is 26.1 Å². The second-order valence-corrected chi connectivity index (χ2v) is 5.65. The molecule has 0 atom stereocenters. The molecule has 7 heteroatoms. The number of rotatable bonds is 4. The first kappa shape index (κ1) is 15.8. The number of ether oxygens (including phenoxy) is 1. The van der Waals surface area contributed by atoms with Crippen LogP contribution in [-0.2, 0) is 11.3 Å². The van der Waals surface area contributed by atoms with Crippen LogP contribution in [0.4, 0.5) is 5.82 Å². The molecule has 0 bridgehead atoms. The smallest absolute Gasteiger partial charge is 0.356 e. The fourth-order valence-corrected chi connectivity index (χ4v) is 2.61. The number of fused-ring (bicyclic) bond motifs is 1. The number of hydrogen-bond acceptors (Lipinski definition) is 6. The second kappa shape index (κ2) is 6.64. The monoisotopic (exact) mass is 345 g/mol. The van der Waals surface area contributed by atoms with Crippen molar-refractivity contribution in [3.8, 4) is 11.3 Å². The minimum atomic E-state index is -0.532. The quantitative estimate of drug-likeness (QED) is 0.551. The maximum absolute atomic E-state index is 12.2. The number of nitrogen functional groups attached to an aromatic ring is 1. The van der Waals surface area contributed by atoms with Gasteiger partial charge in [0.1, 0.15) is 11.5 Å². The van der Waals surface area contributed by atoms with Gasteiger partial charge in [-0.1, -0.05) is 42.5 Å². The van der Waals surface area contributed by atoms with Crippen molar-refractivity contribution in [1.82, 2.24) is 20.2 Å². The predicted octanol–water partition coefficient (Wildman–Crippen LogP) is 2.96. The van der Waals surface area contributed by atoms with Crippen LogP contribution in [0, 0.1) is 0 Å². The number of H-pyrrole nitrogens is 1. The molecule has 0 aliphatic heterocycles. The highest BCUT2D eigenvalue weighted by atomic mass is 16.5. The van der Waals surface area contributed by atoms with Gasteiger partial charge in [-0.2, -0.15) is 5.10 Å². The molecule has 2 aromatic carbocycles. The fraction of sp³-hybridized carbons (Fsp3) is 0.0526. The van der Waals surface area contributed by atoms with Crippen molar-refractivity contribution in [2.45, 2.75) is 6.61 Å². The Hall–Kier alpha value is -3.74. The molecular formula is C19H15N5O2. The lowest BCUT2D eigenvalue weighted by Gasteiger charge is -2.05. The average Bonchev–Trinajstić information content (AvgIpc) is 3.17. The SMILES string of the molecule is Nc1nc(COC(=O)c2cc(-c3ccccc3)n[nH]2)nc2ccccc12. The van der Waals surface area contributed by atoms with Crippen molar-refractivity contribution in [2.24, 2.45) is 0 Å². The number of nitrogens with zero attached hydrogens (tertiary/aromatic N) is 3. The van der Waals surface area contributed by atoms with E-state index in [0.717, 1.165) is 10.9 Å². The van der Waals surface area contributed by atoms with Crippen LogP contribution in [0.25, 0.3) is 22.2 Å². The van der Waals surface area contributed by atoms with Gasteiger partial charge >= 0.3 is 5.97 Å². The molecule has 7 nitrogen and oxygen atoms in total. The molecule has 26 heavy (non-hydrogen) atoms. The summed E-state index contributed by atoms with van der Waals surface area (Å²) in [6.45, 7) is -0.0758. The van der Waals surface area contributed by atoms with Crippen LogP contribution in [0.1, 0.15) is 16.3 Å². The molecule has 0 fully saturated rings. The van der Waals surface area contributed by atoms with Gasteiger partial charge in [0.25, 0.3) is 0 Å². The van der Waals surface area contributed by atoms with Crippen molar-refractivity contribution in [2.75, 3.05) is 5.73 Å². The minimum absolute atomic E-state index is 0.0758. The third-order valence-electron chi connectivity index (χ3n) is 3.88. The first-order valence-corrected chi connectivity index (χ1v) is 8.00. The van der Waals surface area contributed by atoms with Crippen molar-refractivity contribution < 1.29 is 9.53 Å². The minimum Gasteiger partial charge on any atom is -0.453 e. The molecule has 128 valence electrons. The van der Waals surface area contributed by atoms with E-state index >= 15 is 0 Å². The van der Waals surface area contributed by atoms with Crippen LogP contribution in [0.3, 0.4) is 0 Å². The number of benzene rings is 2. The number of aromatic amines is 1. The summed E-state index contributed by atoms with van der Waals surface area (Å²) in [6.07, 6.45) is 0. The number of carbonyl (C=O) groups is 1. The Labute approximate surface area is 148 Å². The number of para-hydroxylation sites is 1. The topological polar surface area (TPSA) is 107 Å². The van der Waals surface area contributed by atoms with E-state index in [2.05, 4.69) is 20.2 Å². The molecule has 0 amide bonds. The Balaban J connectivity index is 1.48. The highest BCUT2D eigenvalue weighted by Crippen LogP contribution is 2.19. The Kier molecular flexibility index (Phi) is 4.03. The maximum atomic E-state index is 12.2. The van der Waals surface area contributed by atoms with Gasteiger partial charge in [0.15, 0.2) is 12.4 Å². The van der Waals surface area contributed by atoms with E-state index in [4.69, 9.17) is 10.5 Å². The van der Waals surface area contributed by atoms with Gasteiger partial charge in [-0.05, 0) is 18.2 Å². The van der Waals surface area contributed by atoms with Crippen LogP contribution < -0.4 is 5.73 Å². The van der Waals surface area contributed by atoms with Crippen LogP contribution >= 0.6 is 0 Å². The first-order valence-electron chi connectivity index (χ1n) is 8.00. The lowest BCUT2D eigenvalue weighted by Crippen LogP contribution is -2.09. The molecule has 0 spiro atoms. The maximum Gasteiger partial charge on any atom is 0.356 e. The van der Waals surface area contributed by atoms with Gasteiger partial charge in [-0.25, -0.2) is 14.8 Å². The number of aromatic nitrogens is 4. The van der Waals surface area contributed by atoms with Gasteiger partial charge in [0.2, 0.25) is 0 Å². The number of hydrogen-bond donors (Lipinski definition) is 2. The zero-order chi connectivity index (χ0) is 17.9. The highest BCUT2D eigenvalue weighted by Gasteiger charge is 2.14. The van der Waals surface area contributed by atoms with Crippen LogP contribution in [0.15, 0.2) is 60.7 Å². The second-order valence-electron chi connectivity index (χ2n) is 5.65. The number of anilines is 1. The highest BCUT2D eigenvalue weighted by molar-refractivity contribution is 5.89. The first-order chi connectivity index (χ1) is 12.7. The Bertz CT molecular complexity index is 1080. The summed E-state index contributed by atoms with van der Waals surface area (Å²) >= 11 is 0. The lowest BCUT2D eigenvalue weighted by molar-refractivity contribution is 0.0455. The van der Waals surface area contributed by atoms with Gasteiger partial charge in [0, 0.05) is 10.9 Å². The molecule has 0 saturated carbocycles. The van der Waals surface area contributed by atoms with E-state index in [1.807, 2.05) is 54.6 Å². The summed E-state index contributed by atoms with van der Waals surface area (Å²) in [5, 5.41) is 7.60. The van der Waals surface area contributed by atoms with Gasteiger partial charge in [-0.15, -0.1) is 0 Å². The third-order valence-corrected chi connectivity index (χ3v) is 3.88. The molecule has 4 rings (SSSR count). The zero-order valence-corrected chi connectivity index (χ0v) is 13.7. The zero-order valence-electron chi connectivity index (χ0n) is 13.7. The Morgan fingerprint density at radius 3 is 2.65 bits per heavy atom. The summed E-state index contributed by atoms with van der Waals surface area (Å²) in [6, 6.07) is 18.6. The molecular weight excluding hydrogens is 330 g/mol. The number of nitrogens with one attached hydrogen (secondary N) is 1. The summed E-state index contributed by atoms with van der Waals surface area (Å²) in [7, 11) is 0. The van der Waals surface area contributed by atoms with Gasteiger partial charge in [-0.3, -0.25) is 5.10 Å².